The van der Waals surface area contributed by atoms with E-state index in [9.17, 15) is 9.90 Å². The maximum absolute atomic E-state index is 14.1. The first kappa shape index (κ1) is 40.9. The van der Waals surface area contributed by atoms with Crippen molar-refractivity contribution in [2.75, 3.05) is 14.2 Å². The third-order valence-electron chi connectivity index (χ3n) is 12.5. The van der Waals surface area contributed by atoms with Crippen molar-refractivity contribution in [3.8, 4) is 0 Å². The van der Waals surface area contributed by atoms with E-state index in [-0.39, 0.29) is 66.1 Å². The van der Waals surface area contributed by atoms with Crippen molar-refractivity contribution in [1.82, 2.24) is 4.90 Å². The van der Waals surface area contributed by atoms with Crippen LogP contribution in [-0.4, -0.2) is 109 Å². The highest BCUT2D eigenvalue weighted by Gasteiger charge is 2.55. The highest BCUT2D eigenvalue weighted by molar-refractivity contribution is 5.73. The molecule has 0 radical (unpaired) electrons. The fourth-order valence-electron chi connectivity index (χ4n) is 9.54. The van der Waals surface area contributed by atoms with Crippen LogP contribution in [0.25, 0.3) is 0 Å². The molecule has 10 heteroatoms. The quantitative estimate of drug-likeness (QED) is 0.289. The summed E-state index contributed by atoms with van der Waals surface area (Å²) in [6.45, 7) is 25.3. The topological polar surface area (TPSA) is 105 Å². The number of cyclic esters (lactones) is 1. The minimum absolute atomic E-state index is 0.00242. The molecular weight excluding hydrogens is 626 g/mol. The predicted octanol–water partition coefficient (Wildman–Crippen LogP) is 6.35. The van der Waals surface area contributed by atoms with Crippen molar-refractivity contribution in [1.29, 1.82) is 0 Å². The SMILES string of the molecule is CC[C@@H]1OC(=O)[C@H](C)[C@@H](OC2C[C@@](C)(OC)C[C@H](C)O2)[C@H](C)[C@@H](O[C@@H]2O[C@H](C)C[C@H](N(C)C(C)C)[C@H]2O)[C@@]2(C)C[C@@H](C)[C@H](O2)[C@@H](C)C[C@H]1C. The molecule has 0 saturated carbocycles. The Morgan fingerprint density at radius 2 is 1.59 bits per heavy atom. The maximum atomic E-state index is 14.1. The standard InChI is InChI=1S/C39H71NO9/c1-15-30-22(4)16-23(5)33-24(6)18-39(12,49-33)35(48-37-32(41)29(17-25(7)45-37)40(13)21(2)3)27(9)34(28(10)36(42)46-30)47-31-20-38(11,43-14)19-26(8)44-31/h21-35,37,41H,15-20H2,1-14H3/t22-,23+,24-,25-,26+,27+,28-,29+,30+,31?,32-,33-,34+,35-,37+,38+,39-/m1/s1. The molecule has 4 aliphatic rings. The fourth-order valence-corrected chi connectivity index (χ4v) is 9.54. The monoisotopic (exact) mass is 698 g/mol. The Bertz CT molecular complexity index is 1080. The van der Waals surface area contributed by atoms with E-state index in [2.05, 4.69) is 67.2 Å². The molecule has 4 aliphatic heterocycles. The second kappa shape index (κ2) is 16.4. The van der Waals surface area contributed by atoms with Gasteiger partial charge >= 0.3 is 5.97 Å². The molecule has 0 aliphatic carbocycles. The average molecular weight is 698 g/mol. The number of nitrogens with zero attached hydrogens (tertiary/aromatic N) is 1. The van der Waals surface area contributed by atoms with Crippen LogP contribution in [0.3, 0.4) is 0 Å². The number of carbonyl (C=O) groups excluding carboxylic acids is 1. The molecule has 10 nitrogen and oxygen atoms in total. The summed E-state index contributed by atoms with van der Waals surface area (Å²) < 4.78 is 46.2. The van der Waals surface area contributed by atoms with Gasteiger partial charge in [0.05, 0.1) is 47.6 Å². The van der Waals surface area contributed by atoms with E-state index < -0.39 is 48.0 Å². The van der Waals surface area contributed by atoms with Crippen LogP contribution in [0.4, 0.5) is 0 Å². The first-order valence-electron chi connectivity index (χ1n) is 19.3. The van der Waals surface area contributed by atoms with E-state index in [0.29, 0.717) is 12.8 Å². The lowest BCUT2D eigenvalue weighted by Gasteiger charge is -2.48. The summed E-state index contributed by atoms with van der Waals surface area (Å²) in [6, 6.07) is 0.100. The third-order valence-corrected chi connectivity index (χ3v) is 12.5. The normalized spacial score (nSPS) is 48.9. The van der Waals surface area contributed by atoms with Crippen LogP contribution in [0.15, 0.2) is 0 Å². The fraction of sp³-hybridized carbons (Fsp3) is 0.974. The van der Waals surface area contributed by atoms with E-state index in [0.717, 1.165) is 25.7 Å². The molecule has 4 saturated heterocycles. The number of aliphatic hydroxyl groups excluding tert-OH is 1. The third kappa shape index (κ3) is 9.21. The lowest BCUT2D eigenvalue weighted by atomic mass is 9.77. The summed E-state index contributed by atoms with van der Waals surface area (Å²) in [4.78, 5) is 16.3. The molecule has 17 atom stereocenters. The lowest BCUT2D eigenvalue weighted by molar-refractivity contribution is -0.312. The molecule has 4 rings (SSSR count). The van der Waals surface area contributed by atoms with Crippen LogP contribution in [0.5, 0.6) is 0 Å². The Hall–Kier alpha value is -0.850. The van der Waals surface area contributed by atoms with E-state index >= 15 is 0 Å². The van der Waals surface area contributed by atoms with E-state index in [1.165, 1.54) is 0 Å². The van der Waals surface area contributed by atoms with Gasteiger partial charge in [0.1, 0.15) is 12.2 Å². The molecular formula is C39H71NO9. The molecule has 2 bridgehead atoms. The Balaban J connectivity index is 1.78. The second-order valence-corrected chi connectivity index (χ2v) is 17.3. The van der Waals surface area contributed by atoms with E-state index in [1.807, 2.05) is 27.8 Å². The zero-order valence-corrected chi connectivity index (χ0v) is 33.1. The molecule has 4 fully saturated rings. The van der Waals surface area contributed by atoms with Gasteiger partial charge in [-0.05, 0) is 99.0 Å². The van der Waals surface area contributed by atoms with Gasteiger partial charge in [-0.3, -0.25) is 9.69 Å². The highest BCUT2D eigenvalue weighted by atomic mass is 16.7. The van der Waals surface area contributed by atoms with E-state index in [1.54, 1.807) is 7.11 Å². The second-order valence-electron chi connectivity index (χ2n) is 17.3. The Labute approximate surface area is 297 Å². The number of rotatable bonds is 8. The zero-order valence-electron chi connectivity index (χ0n) is 33.1. The van der Waals surface area contributed by atoms with Crippen LogP contribution in [0.2, 0.25) is 0 Å². The van der Waals surface area contributed by atoms with Crippen molar-refractivity contribution in [3.63, 3.8) is 0 Å². The number of methoxy groups -OCH3 is 1. The molecule has 1 N–H and O–H groups in total. The largest absolute Gasteiger partial charge is 0.462 e. The molecule has 0 aromatic heterocycles. The number of likely N-dealkylation sites (N-methyl/N-ethyl adjacent to an activating group) is 1. The first-order valence-corrected chi connectivity index (χ1v) is 19.3. The first-order chi connectivity index (χ1) is 22.8. The Morgan fingerprint density at radius 1 is 0.918 bits per heavy atom. The summed E-state index contributed by atoms with van der Waals surface area (Å²) in [6.07, 6.45) is 0.305. The summed E-state index contributed by atoms with van der Waals surface area (Å²) in [5.74, 6) is -0.625. The van der Waals surface area contributed by atoms with Gasteiger partial charge in [-0.25, -0.2) is 0 Å². The molecule has 0 spiro atoms. The number of fused-ring (bicyclic) bond motifs is 2. The van der Waals surface area contributed by atoms with Crippen molar-refractivity contribution in [2.45, 2.75) is 200 Å². The molecule has 1 unspecified atom stereocenters. The van der Waals surface area contributed by atoms with Gasteiger partial charge < -0.3 is 38.3 Å². The van der Waals surface area contributed by atoms with Gasteiger partial charge in [0, 0.05) is 38.0 Å². The van der Waals surface area contributed by atoms with Gasteiger partial charge in [0.2, 0.25) is 0 Å². The Morgan fingerprint density at radius 3 is 2.20 bits per heavy atom. The van der Waals surface area contributed by atoms with Gasteiger partial charge in [0.15, 0.2) is 12.6 Å². The molecule has 286 valence electrons. The predicted molar refractivity (Wildman–Crippen MR) is 189 cm³/mol. The Kier molecular flexibility index (Phi) is 13.7. The summed E-state index contributed by atoms with van der Waals surface area (Å²) in [5.41, 5.74) is -1.17. The van der Waals surface area contributed by atoms with Crippen LogP contribution in [0.1, 0.15) is 122 Å². The van der Waals surface area contributed by atoms with Crippen molar-refractivity contribution >= 4 is 5.97 Å². The zero-order chi connectivity index (χ0) is 36.6. The number of ether oxygens (including phenoxy) is 7. The molecule has 0 aromatic carbocycles. The van der Waals surface area contributed by atoms with Crippen LogP contribution >= 0.6 is 0 Å². The summed E-state index contributed by atoms with van der Waals surface area (Å²) >= 11 is 0. The van der Waals surface area contributed by atoms with Crippen molar-refractivity contribution in [2.24, 2.45) is 29.6 Å². The number of carbonyl (C=O) groups is 1. The number of hydrogen-bond donors (Lipinski definition) is 1. The molecule has 4 heterocycles. The minimum Gasteiger partial charge on any atom is -0.462 e. The van der Waals surface area contributed by atoms with Crippen LogP contribution in [-0.2, 0) is 38.0 Å². The molecule has 0 amide bonds. The van der Waals surface area contributed by atoms with E-state index in [4.69, 9.17) is 33.2 Å². The van der Waals surface area contributed by atoms with Crippen molar-refractivity contribution < 1.29 is 43.1 Å². The van der Waals surface area contributed by atoms with Crippen LogP contribution in [0, 0.1) is 29.6 Å². The summed E-state index contributed by atoms with van der Waals surface area (Å²) in [7, 11) is 3.77. The van der Waals surface area contributed by atoms with Crippen molar-refractivity contribution in [3.05, 3.63) is 0 Å². The number of aliphatic hydroxyl groups is 1. The number of hydrogen-bond acceptors (Lipinski definition) is 10. The van der Waals surface area contributed by atoms with Gasteiger partial charge in [-0.2, -0.15) is 0 Å². The van der Waals surface area contributed by atoms with Gasteiger partial charge in [-0.1, -0.05) is 34.6 Å². The molecule has 0 aromatic rings. The average Bonchev–Trinajstić information content (AvgIpc) is 3.35. The molecule has 49 heavy (non-hydrogen) atoms. The highest BCUT2D eigenvalue weighted by Crippen LogP contribution is 2.47. The van der Waals surface area contributed by atoms with Crippen LogP contribution < -0.4 is 0 Å². The number of esters is 1. The maximum Gasteiger partial charge on any atom is 0.311 e. The van der Waals surface area contributed by atoms with Gasteiger partial charge in [-0.15, -0.1) is 0 Å². The summed E-state index contributed by atoms with van der Waals surface area (Å²) in [5, 5.41) is 11.8. The minimum atomic E-state index is -0.888. The lowest BCUT2D eigenvalue weighted by Crippen LogP contribution is -2.60. The van der Waals surface area contributed by atoms with Gasteiger partial charge in [0.25, 0.3) is 0 Å². The smallest absolute Gasteiger partial charge is 0.311 e.